The Labute approximate surface area is 359 Å². The zero-order valence-corrected chi connectivity index (χ0v) is 39.6. The van der Waals surface area contributed by atoms with Gasteiger partial charge in [0.05, 0.1) is 48.3 Å². The Balaban J connectivity index is 0.000000194. The molecule has 8 fully saturated rings. The van der Waals surface area contributed by atoms with Crippen molar-refractivity contribution in [3.8, 4) is 0 Å². The molecule has 2 spiro atoms. The lowest BCUT2D eigenvalue weighted by Gasteiger charge is -2.66. The van der Waals surface area contributed by atoms with Gasteiger partial charge in [0, 0.05) is 64.2 Å². The summed E-state index contributed by atoms with van der Waals surface area (Å²) in [4.78, 5) is 0. The maximum Gasteiger partial charge on any atom is 0.0996 e. The number of likely N-dealkylation sites (tertiary alicyclic amines) is 2. The average Bonchev–Trinajstić information content (AvgIpc) is 3.13. The topological polar surface area (TPSA) is 0 Å². The van der Waals surface area contributed by atoms with Crippen LogP contribution in [-0.4, -0.2) is 57.3 Å². The van der Waals surface area contributed by atoms with Gasteiger partial charge in [-0.3, -0.25) is 0 Å². The van der Waals surface area contributed by atoms with E-state index in [2.05, 4.69) is 27.7 Å². The Kier molecular flexibility index (Phi) is 17.0. The summed E-state index contributed by atoms with van der Waals surface area (Å²) in [7, 11) is 0. The molecule has 8 atom stereocenters. The molecule has 0 aromatic rings. The molecular weight excluding hydrogens is 858 g/mol. The molecule has 52 heavy (non-hydrogen) atoms. The molecule has 8 unspecified atom stereocenters. The predicted octanol–water partition coefficient (Wildman–Crippen LogP) is 7.70. The number of quaternary nitrogens is 2. The van der Waals surface area contributed by atoms with E-state index in [0.717, 1.165) is 47.8 Å². The van der Waals surface area contributed by atoms with Gasteiger partial charge in [0.15, 0.2) is 0 Å². The highest BCUT2D eigenvalue weighted by atomic mass is 127. The highest BCUT2D eigenvalue weighted by Crippen LogP contribution is 2.56. The van der Waals surface area contributed by atoms with E-state index in [0.29, 0.717) is 11.1 Å². The molecule has 0 aromatic carbocycles. The second-order valence-electron chi connectivity index (χ2n) is 21.5. The molecule has 4 heteroatoms. The fourth-order valence-electron chi connectivity index (χ4n) is 16.5. The van der Waals surface area contributed by atoms with Gasteiger partial charge in [-0.1, -0.05) is 66.2 Å². The number of hydrogen-bond donors (Lipinski definition) is 0. The van der Waals surface area contributed by atoms with Gasteiger partial charge in [-0.05, 0) is 126 Å². The number of halogens is 2. The van der Waals surface area contributed by atoms with Gasteiger partial charge in [-0.25, -0.2) is 0 Å². The minimum absolute atomic E-state index is 0. The summed E-state index contributed by atoms with van der Waals surface area (Å²) in [5, 5.41) is 0. The Hall–Kier alpha value is 1.38. The first kappa shape index (κ1) is 44.5. The summed E-state index contributed by atoms with van der Waals surface area (Å²) in [6.45, 7) is 13.3. The molecule has 2 aliphatic heterocycles. The van der Waals surface area contributed by atoms with Crippen molar-refractivity contribution in [2.24, 2.45) is 23.7 Å². The summed E-state index contributed by atoms with van der Waals surface area (Å²) in [6, 6.07) is 4.05. The molecule has 0 aromatic heterocycles. The first-order chi connectivity index (χ1) is 24.3. The zero-order valence-electron chi connectivity index (χ0n) is 35.3. The third kappa shape index (κ3) is 8.85. The van der Waals surface area contributed by atoms with Crippen LogP contribution < -0.4 is 48.0 Å². The number of rotatable bonds is 4. The molecule has 0 N–H and O–H groups in total. The summed E-state index contributed by atoms with van der Waals surface area (Å²) in [5.74, 6) is 3.93. The average molecular weight is 947 g/mol. The largest absolute Gasteiger partial charge is 1.00 e. The van der Waals surface area contributed by atoms with Crippen LogP contribution in [0.1, 0.15) is 233 Å². The first-order valence-electron chi connectivity index (χ1n) is 24.1. The third-order valence-corrected chi connectivity index (χ3v) is 18.4. The smallest absolute Gasteiger partial charge is 0.0996 e. The van der Waals surface area contributed by atoms with Crippen molar-refractivity contribution in [3.63, 3.8) is 0 Å². The van der Waals surface area contributed by atoms with E-state index in [9.17, 15) is 0 Å². The molecule has 0 bridgehead atoms. The van der Waals surface area contributed by atoms with E-state index in [1.165, 1.54) is 116 Å². The van der Waals surface area contributed by atoms with Crippen LogP contribution in [0.5, 0.6) is 0 Å². The van der Waals surface area contributed by atoms with E-state index in [1.807, 2.05) is 0 Å². The molecule has 8 rings (SSSR count). The summed E-state index contributed by atoms with van der Waals surface area (Å²) in [6.07, 6.45) is 49.2. The van der Waals surface area contributed by atoms with Gasteiger partial charge in [0.25, 0.3) is 0 Å². The normalized spacial score (nSPS) is 43.6. The predicted molar refractivity (Wildman–Crippen MR) is 215 cm³/mol. The van der Waals surface area contributed by atoms with Gasteiger partial charge < -0.3 is 56.9 Å². The molecule has 2 heterocycles. The monoisotopic (exact) mass is 947 g/mol. The van der Waals surface area contributed by atoms with E-state index in [4.69, 9.17) is 0 Å². The summed E-state index contributed by atoms with van der Waals surface area (Å²) >= 11 is 0. The molecule has 6 aliphatic carbocycles. The molecule has 2 nitrogen and oxygen atoms in total. The highest BCUT2D eigenvalue weighted by molar-refractivity contribution is 4.96. The van der Waals surface area contributed by atoms with Crippen LogP contribution in [-0.2, 0) is 0 Å². The minimum atomic E-state index is 0. The Bertz CT molecular complexity index is 904. The van der Waals surface area contributed by atoms with Crippen LogP contribution in [0.2, 0.25) is 0 Å². The first-order valence-corrected chi connectivity index (χ1v) is 24.1. The van der Waals surface area contributed by atoms with Gasteiger partial charge >= 0.3 is 0 Å². The van der Waals surface area contributed by atoms with Crippen molar-refractivity contribution >= 4 is 0 Å². The Morgan fingerprint density at radius 1 is 0.308 bits per heavy atom. The Morgan fingerprint density at radius 3 is 0.808 bits per heavy atom. The van der Waals surface area contributed by atoms with Crippen LogP contribution in [0.3, 0.4) is 0 Å². The Morgan fingerprint density at radius 2 is 0.558 bits per heavy atom. The van der Waals surface area contributed by atoms with Gasteiger partial charge in [0.2, 0.25) is 0 Å². The van der Waals surface area contributed by atoms with E-state index < -0.39 is 0 Å². The van der Waals surface area contributed by atoms with Crippen molar-refractivity contribution in [2.45, 2.75) is 268 Å². The van der Waals surface area contributed by atoms with Gasteiger partial charge in [-0.15, -0.1) is 0 Å². The lowest BCUT2D eigenvalue weighted by atomic mass is 9.67. The molecule has 6 saturated carbocycles. The van der Waals surface area contributed by atoms with Crippen LogP contribution in [0.25, 0.3) is 0 Å². The summed E-state index contributed by atoms with van der Waals surface area (Å²) < 4.78 is 3.25. The van der Waals surface area contributed by atoms with Crippen molar-refractivity contribution in [3.05, 3.63) is 0 Å². The van der Waals surface area contributed by atoms with Crippen LogP contribution in [0.15, 0.2) is 0 Å². The van der Waals surface area contributed by atoms with Crippen LogP contribution in [0.4, 0.5) is 0 Å². The third-order valence-electron chi connectivity index (χ3n) is 18.4. The summed E-state index contributed by atoms with van der Waals surface area (Å²) in [5.41, 5.74) is 1.39. The van der Waals surface area contributed by atoms with Crippen molar-refractivity contribution < 1.29 is 56.9 Å². The van der Waals surface area contributed by atoms with Crippen molar-refractivity contribution in [1.29, 1.82) is 0 Å². The quantitative estimate of drug-likeness (QED) is 0.201. The maximum absolute atomic E-state index is 2.56. The highest BCUT2D eigenvalue weighted by Gasteiger charge is 2.61. The maximum atomic E-state index is 2.56. The lowest BCUT2D eigenvalue weighted by molar-refractivity contribution is -1.03. The lowest BCUT2D eigenvalue weighted by Crippen LogP contribution is -3.00. The molecular formula is C48H88I2N2. The van der Waals surface area contributed by atoms with Gasteiger partial charge in [0.1, 0.15) is 0 Å². The van der Waals surface area contributed by atoms with Crippen LogP contribution >= 0.6 is 0 Å². The second-order valence-corrected chi connectivity index (χ2v) is 21.5. The fourth-order valence-corrected chi connectivity index (χ4v) is 16.5. The van der Waals surface area contributed by atoms with E-state index in [-0.39, 0.29) is 48.0 Å². The van der Waals surface area contributed by atoms with Crippen molar-refractivity contribution in [2.75, 3.05) is 13.1 Å². The zero-order chi connectivity index (χ0) is 34.7. The molecule has 0 amide bonds. The number of piperidine rings is 2. The SMILES string of the molecule is CC1CCCC([N+]2(C3CCCC(C)C3)CCCCC23CCCCC3)C1.CC1CCCC([N+]2(C3CCCC(C)C3)CCCCC23CCCCC3)C1.[I-].[I-]. The molecule has 8 aliphatic rings. The van der Waals surface area contributed by atoms with Gasteiger partial charge in [-0.2, -0.15) is 0 Å². The fraction of sp³-hybridized carbons (Fsp3) is 1.00. The van der Waals surface area contributed by atoms with E-state index in [1.54, 1.807) is 112 Å². The van der Waals surface area contributed by atoms with Crippen LogP contribution in [0, 0.1) is 23.7 Å². The standard InChI is InChI=1S/2C24H44N.2HI/c2*1-20-10-8-12-22(18-20)25(23-13-9-11-21(2)19-23)17-7-6-16-24(25)14-4-3-5-15-24;;/h2*20-23H,3-19H2,1-2H3;2*1H/q2*+1;;/p-2. The molecule has 0 radical (unpaired) electrons. The number of nitrogens with zero attached hydrogens (tertiary/aromatic N) is 2. The molecule has 304 valence electrons. The molecule has 2 saturated heterocycles. The minimum Gasteiger partial charge on any atom is -1.00 e. The van der Waals surface area contributed by atoms with Crippen molar-refractivity contribution in [1.82, 2.24) is 0 Å². The second kappa shape index (κ2) is 19.9. The van der Waals surface area contributed by atoms with E-state index >= 15 is 0 Å². The number of hydrogen-bond acceptors (Lipinski definition) is 0.